The molecule has 3 nitrogen and oxygen atoms in total. The Bertz CT molecular complexity index is 324. The molecule has 0 bridgehead atoms. The van der Waals surface area contributed by atoms with Gasteiger partial charge in [0.1, 0.15) is 0 Å². The van der Waals surface area contributed by atoms with Crippen LogP contribution in [0.5, 0.6) is 5.88 Å². The maximum Gasteiger partial charge on any atom is 0.213 e. The molecule has 1 aromatic rings. The number of hydrogen-bond donors (Lipinski definition) is 1. The van der Waals surface area contributed by atoms with E-state index >= 15 is 0 Å². The number of unbranched alkanes of at least 4 members (excludes halogenated alkanes) is 1. The molecule has 108 valence electrons. The first-order chi connectivity index (χ1) is 9.30. The highest BCUT2D eigenvalue weighted by atomic mass is 16.5. The normalized spacial score (nSPS) is 12.4. The van der Waals surface area contributed by atoms with Crippen LogP contribution in [0.25, 0.3) is 0 Å². The number of hydrogen-bond acceptors (Lipinski definition) is 3. The van der Waals surface area contributed by atoms with E-state index in [2.05, 4.69) is 37.1 Å². The molecule has 19 heavy (non-hydrogen) atoms. The van der Waals surface area contributed by atoms with Gasteiger partial charge in [-0.1, -0.05) is 46.1 Å². The lowest BCUT2D eigenvalue weighted by atomic mass is 10.0. The average molecular weight is 264 g/mol. The van der Waals surface area contributed by atoms with Gasteiger partial charge >= 0.3 is 0 Å². The van der Waals surface area contributed by atoms with Crippen molar-refractivity contribution in [3.8, 4) is 5.88 Å². The summed E-state index contributed by atoms with van der Waals surface area (Å²) in [5, 5.41) is 3.29. The monoisotopic (exact) mass is 264 g/mol. The minimum Gasteiger partial charge on any atom is -0.477 e. The zero-order valence-electron chi connectivity index (χ0n) is 12.6. The summed E-state index contributed by atoms with van der Waals surface area (Å²) in [7, 11) is 0. The van der Waals surface area contributed by atoms with Crippen molar-refractivity contribution in [2.24, 2.45) is 5.92 Å². The SMILES string of the molecule is CCCCC(CC)COc1ccc(CNCC)cn1. The minimum atomic E-state index is 0.656. The van der Waals surface area contributed by atoms with E-state index in [-0.39, 0.29) is 0 Å². The first-order valence-corrected chi connectivity index (χ1v) is 7.58. The number of aromatic nitrogens is 1. The maximum absolute atomic E-state index is 5.78. The summed E-state index contributed by atoms with van der Waals surface area (Å²) < 4.78 is 5.78. The summed E-state index contributed by atoms with van der Waals surface area (Å²) in [5.41, 5.74) is 1.20. The van der Waals surface area contributed by atoms with E-state index in [0.717, 1.165) is 25.6 Å². The van der Waals surface area contributed by atoms with Crippen molar-refractivity contribution in [2.75, 3.05) is 13.2 Å². The molecule has 0 saturated heterocycles. The molecule has 0 amide bonds. The topological polar surface area (TPSA) is 34.1 Å². The summed E-state index contributed by atoms with van der Waals surface area (Å²) in [5.74, 6) is 1.40. The van der Waals surface area contributed by atoms with Gasteiger partial charge in [-0.05, 0) is 24.4 Å². The molecule has 0 spiro atoms. The Kier molecular flexibility index (Phi) is 8.23. The fourth-order valence-electron chi connectivity index (χ4n) is 1.97. The van der Waals surface area contributed by atoms with Crippen LogP contribution in [0.3, 0.4) is 0 Å². The van der Waals surface area contributed by atoms with Crippen LogP contribution in [-0.4, -0.2) is 18.1 Å². The van der Waals surface area contributed by atoms with Gasteiger partial charge < -0.3 is 10.1 Å². The highest BCUT2D eigenvalue weighted by molar-refractivity contribution is 5.17. The number of ether oxygens (including phenoxy) is 1. The second-order valence-electron chi connectivity index (χ2n) is 5.01. The fraction of sp³-hybridized carbons (Fsp3) is 0.688. The Hall–Kier alpha value is -1.09. The molecule has 0 aliphatic rings. The van der Waals surface area contributed by atoms with E-state index < -0.39 is 0 Å². The van der Waals surface area contributed by atoms with Crippen LogP contribution >= 0.6 is 0 Å². The third-order valence-corrected chi connectivity index (χ3v) is 3.39. The van der Waals surface area contributed by atoms with Crippen LogP contribution in [-0.2, 0) is 6.54 Å². The van der Waals surface area contributed by atoms with E-state index in [1.54, 1.807) is 0 Å². The van der Waals surface area contributed by atoms with Crippen molar-refractivity contribution in [2.45, 2.75) is 53.0 Å². The highest BCUT2D eigenvalue weighted by Crippen LogP contribution is 2.15. The van der Waals surface area contributed by atoms with Gasteiger partial charge in [0.2, 0.25) is 5.88 Å². The summed E-state index contributed by atoms with van der Waals surface area (Å²) in [6.45, 7) is 9.21. The first kappa shape index (κ1) is 16.0. The van der Waals surface area contributed by atoms with E-state index in [4.69, 9.17) is 4.74 Å². The molecule has 0 radical (unpaired) electrons. The van der Waals surface area contributed by atoms with Crippen LogP contribution in [0.4, 0.5) is 0 Å². The molecule has 0 aromatic carbocycles. The van der Waals surface area contributed by atoms with E-state index in [1.807, 2.05) is 12.3 Å². The Labute approximate surface area is 117 Å². The molecule has 1 unspecified atom stereocenters. The Morgan fingerprint density at radius 2 is 2.11 bits per heavy atom. The van der Waals surface area contributed by atoms with Gasteiger partial charge in [-0.2, -0.15) is 0 Å². The lowest BCUT2D eigenvalue weighted by molar-refractivity contribution is 0.226. The summed E-state index contributed by atoms with van der Waals surface area (Å²) in [6.07, 6.45) is 6.87. The molecule has 0 aliphatic carbocycles. The van der Waals surface area contributed by atoms with Crippen molar-refractivity contribution in [3.63, 3.8) is 0 Å². The molecular weight excluding hydrogens is 236 g/mol. The lowest BCUT2D eigenvalue weighted by Gasteiger charge is -2.15. The van der Waals surface area contributed by atoms with Crippen molar-refractivity contribution in [1.82, 2.24) is 10.3 Å². The van der Waals surface area contributed by atoms with Crippen molar-refractivity contribution >= 4 is 0 Å². The second kappa shape index (κ2) is 9.79. The van der Waals surface area contributed by atoms with E-state index in [0.29, 0.717) is 5.92 Å². The number of rotatable bonds is 10. The third kappa shape index (κ3) is 6.58. The number of nitrogens with zero attached hydrogens (tertiary/aromatic N) is 1. The smallest absolute Gasteiger partial charge is 0.213 e. The lowest BCUT2D eigenvalue weighted by Crippen LogP contribution is -2.13. The van der Waals surface area contributed by atoms with Crippen molar-refractivity contribution in [1.29, 1.82) is 0 Å². The maximum atomic E-state index is 5.78. The molecule has 1 rings (SSSR count). The van der Waals surface area contributed by atoms with Crippen LogP contribution in [0.1, 0.15) is 52.0 Å². The Morgan fingerprint density at radius 1 is 1.26 bits per heavy atom. The van der Waals surface area contributed by atoms with E-state index in [1.165, 1.54) is 31.2 Å². The standard InChI is InChI=1S/C16H28N2O/c1-4-7-8-14(5-2)13-19-16-10-9-15(12-18-16)11-17-6-3/h9-10,12,14,17H,4-8,11,13H2,1-3H3. The van der Waals surface area contributed by atoms with Gasteiger partial charge in [0.05, 0.1) is 6.61 Å². The molecule has 1 N–H and O–H groups in total. The summed E-state index contributed by atoms with van der Waals surface area (Å²) in [4.78, 5) is 4.36. The van der Waals surface area contributed by atoms with Crippen LogP contribution in [0.15, 0.2) is 18.3 Å². The predicted octanol–water partition coefficient (Wildman–Crippen LogP) is 3.79. The van der Waals surface area contributed by atoms with Gasteiger partial charge in [0, 0.05) is 18.8 Å². The Balaban J connectivity index is 2.35. The van der Waals surface area contributed by atoms with Gasteiger partial charge in [-0.3, -0.25) is 0 Å². The van der Waals surface area contributed by atoms with Gasteiger partial charge in [-0.15, -0.1) is 0 Å². The summed E-state index contributed by atoms with van der Waals surface area (Å²) >= 11 is 0. The molecule has 1 atom stereocenters. The Morgan fingerprint density at radius 3 is 2.68 bits per heavy atom. The molecule has 1 aromatic heterocycles. The summed E-state index contributed by atoms with van der Waals surface area (Å²) in [6, 6.07) is 4.05. The molecule has 0 fully saturated rings. The van der Waals surface area contributed by atoms with Gasteiger partial charge in [0.15, 0.2) is 0 Å². The van der Waals surface area contributed by atoms with E-state index in [9.17, 15) is 0 Å². The predicted molar refractivity (Wildman–Crippen MR) is 80.4 cm³/mol. The minimum absolute atomic E-state index is 0.656. The largest absolute Gasteiger partial charge is 0.477 e. The van der Waals surface area contributed by atoms with Crippen molar-refractivity contribution < 1.29 is 4.74 Å². The fourth-order valence-corrected chi connectivity index (χ4v) is 1.97. The van der Waals surface area contributed by atoms with Crippen LogP contribution in [0.2, 0.25) is 0 Å². The zero-order valence-corrected chi connectivity index (χ0v) is 12.6. The quantitative estimate of drug-likeness (QED) is 0.698. The van der Waals surface area contributed by atoms with Crippen molar-refractivity contribution in [3.05, 3.63) is 23.9 Å². The molecule has 1 heterocycles. The second-order valence-corrected chi connectivity index (χ2v) is 5.01. The number of nitrogens with one attached hydrogen (secondary N) is 1. The molecule has 0 aliphatic heterocycles. The highest BCUT2D eigenvalue weighted by Gasteiger charge is 2.07. The zero-order chi connectivity index (χ0) is 13.9. The molecule has 0 saturated carbocycles. The molecule has 3 heteroatoms. The average Bonchev–Trinajstić information content (AvgIpc) is 2.46. The molecular formula is C16H28N2O. The van der Waals surface area contributed by atoms with Gasteiger partial charge in [0.25, 0.3) is 0 Å². The number of pyridine rings is 1. The third-order valence-electron chi connectivity index (χ3n) is 3.39. The first-order valence-electron chi connectivity index (χ1n) is 7.58. The van der Waals surface area contributed by atoms with Crippen LogP contribution in [0, 0.1) is 5.92 Å². The van der Waals surface area contributed by atoms with Crippen LogP contribution < -0.4 is 10.1 Å². The van der Waals surface area contributed by atoms with Gasteiger partial charge in [-0.25, -0.2) is 4.98 Å².